The number of carbonyl (C=O) groups is 1. The topological polar surface area (TPSA) is 86.5 Å². The fourth-order valence-corrected chi connectivity index (χ4v) is 4.05. The van der Waals surface area contributed by atoms with Crippen LogP contribution >= 0.6 is 11.3 Å². The molecule has 3 aromatic heterocycles. The fraction of sp³-hybridized carbons (Fsp3) is 0.316. The quantitative estimate of drug-likeness (QED) is 0.690. The molecule has 27 heavy (non-hydrogen) atoms. The van der Waals surface area contributed by atoms with Crippen molar-refractivity contribution in [1.82, 2.24) is 9.88 Å². The first-order chi connectivity index (χ1) is 13.1. The Kier molecular flexibility index (Phi) is 4.46. The van der Waals surface area contributed by atoms with E-state index >= 15 is 0 Å². The summed E-state index contributed by atoms with van der Waals surface area (Å²) < 4.78 is 11.1. The lowest BCUT2D eigenvalue weighted by molar-refractivity contribution is 0.0750. The zero-order valence-electron chi connectivity index (χ0n) is 15.1. The van der Waals surface area contributed by atoms with E-state index in [0.717, 1.165) is 10.4 Å². The van der Waals surface area contributed by atoms with E-state index < -0.39 is 0 Å². The number of hydrogen-bond donors (Lipinski definition) is 0. The molecule has 0 unspecified atom stereocenters. The maximum Gasteiger partial charge on any atom is 0.266 e. The van der Waals surface area contributed by atoms with Gasteiger partial charge in [-0.15, -0.1) is 11.3 Å². The molecule has 0 spiro atoms. The number of thiophene rings is 1. The molecule has 0 N–H and O–H groups in total. The fourth-order valence-electron chi connectivity index (χ4n) is 3.05. The molecular weight excluding hydrogens is 364 g/mol. The van der Waals surface area contributed by atoms with Gasteiger partial charge in [0, 0.05) is 31.1 Å². The molecule has 0 atom stereocenters. The molecule has 4 rings (SSSR count). The van der Waals surface area contributed by atoms with Crippen molar-refractivity contribution in [2.75, 3.05) is 31.1 Å². The third kappa shape index (κ3) is 3.22. The number of aryl methyl sites for hydroxylation is 2. The van der Waals surface area contributed by atoms with Crippen LogP contribution in [0, 0.1) is 25.2 Å². The molecule has 1 saturated heterocycles. The molecule has 0 bridgehead atoms. The van der Waals surface area contributed by atoms with E-state index in [0.29, 0.717) is 37.8 Å². The minimum absolute atomic E-state index is 0.0604. The normalized spacial score (nSPS) is 14.4. The Morgan fingerprint density at radius 3 is 2.67 bits per heavy atom. The number of amides is 1. The van der Waals surface area contributed by atoms with Crippen LogP contribution in [0.3, 0.4) is 0 Å². The maximum absolute atomic E-state index is 12.7. The predicted octanol–water partition coefficient (Wildman–Crippen LogP) is 3.45. The minimum Gasteiger partial charge on any atom is -0.459 e. The van der Waals surface area contributed by atoms with Crippen molar-refractivity contribution < 1.29 is 13.6 Å². The zero-order chi connectivity index (χ0) is 19.0. The number of nitrogens with zero attached hydrogens (tertiary/aromatic N) is 4. The summed E-state index contributed by atoms with van der Waals surface area (Å²) in [5.41, 5.74) is 1.37. The second-order valence-corrected chi connectivity index (χ2v) is 7.65. The highest BCUT2D eigenvalue weighted by Crippen LogP contribution is 2.29. The van der Waals surface area contributed by atoms with Crippen molar-refractivity contribution >= 4 is 23.1 Å². The van der Waals surface area contributed by atoms with Crippen LogP contribution in [-0.4, -0.2) is 42.0 Å². The first-order valence-corrected chi connectivity index (χ1v) is 9.44. The summed E-state index contributed by atoms with van der Waals surface area (Å²) in [5.74, 6) is 1.26. The van der Waals surface area contributed by atoms with Crippen LogP contribution in [0.25, 0.3) is 11.7 Å². The van der Waals surface area contributed by atoms with Crippen LogP contribution < -0.4 is 4.90 Å². The Morgan fingerprint density at radius 1 is 1.30 bits per heavy atom. The molecule has 7 nitrogen and oxygen atoms in total. The highest BCUT2D eigenvalue weighted by atomic mass is 32.1. The summed E-state index contributed by atoms with van der Waals surface area (Å²) in [4.78, 5) is 22.7. The highest BCUT2D eigenvalue weighted by Gasteiger charge is 2.28. The van der Waals surface area contributed by atoms with E-state index in [1.807, 2.05) is 29.7 Å². The Labute approximate surface area is 160 Å². The SMILES string of the molecule is Cc1cc(C(=O)N2CCN(c3oc(-c4ccco4)nc3C#N)CC2)sc1C. The second-order valence-electron chi connectivity index (χ2n) is 6.39. The van der Waals surface area contributed by atoms with Crippen molar-refractivity contribution in [2.24, 2.45) is 0 Å². The van der Waals surface area contributed by atoms with Gasteiger partial charge in [0.15, 0.2) is 5.76 Å². The third-order valence-electron chi connectivity index (χ3n) is 4.68. The van der Waals surface area contributed by atoms with Crippen LogP contribution in [0.2, 0.25) is 0 Å². The van der Waals surface area contributed by atoms with E-state index in [4.69, 9.17) is 8.83 Å². The van der Waals surface area contributed by atoms with Crippen LogP contribution in [0.1, 0.15) is 25.8 Å². The van der Waals surface area contributed by atoms with Gasteiger partial charge in [-0.1, -0.05) is 0 Å². The molecule has 8 heteroatoms. The van der Waals surface area contributed by atoms with Gasteiger partial charge in [-0.3, -0.25) is 4.79 Å². The van der Waals surface area contributed by atoms with Gasteiger partial charge in [-0.2, -0.15) is 10.2 Å². The molecule has 0 aliphatic carbocycles. The molecule has 0 saturated carbocycles. The standard InChI is InChI=1S/C19H18N4O3S/c1-12-10-16(27-13(12)2)18(24)22-5-7-23(8-6-22)19-14(11-20)21-17(26-19)15-4-3-9-25-15/h3-4,9-10H,5-8H2,1-2H3. The monoisotopic (exact) mass is 382 g/mol. The highest BCUT2D eigenvalue weighted by molar-refractivity contribution is 7.14. The largest absolute Gasteiger partial charge is 0.459 e. The average molecular weight is 382 g/mol. The van der Waals surface area contributed by atoms with Crippen molar-refractivity contribution in [3.05, 3.63) is 45.5 Å². The molecule has 138 valence electrons. The predicted molar refractivity (Wildman–Crippen MR) is 101 cm³/mol. The molecule has 0 radical (unpaired) electrons. The first-order valence-electron chi connectivity index (χ1n) is 8.63. The summed E-state index contributed by atoms with van der Waals surface area (Å²) in [6, 6.07) is 7.50. The Balaban J connectivity index is 1.48. The van der Waals surface area contributed by atoms with Gasteiger partial charge in [-0.05, 0) is 37.6 Å². The van der Waals surface area contributed by atoms with Crippen LogP contribution in [0.15, 0.2) is 33.3 Å². The Hall–Kier alpha value is -3.05. The van der Waals surface area contributed by atoms with Crippen LogP contribution in [0.5, 0.6) is 0 Å². The smallest absolute Gasteiger partial charge is 0.266 e. The number of rotatable bonds is 3. The number of aromatic nitrogens is 1. The van der Waals surface area contributed by atoms with Gasteiger partial charge in [0.1, 0.15) is 6.07 Å². The van der Waals surface area contributed by atoms with E-state index in [-0.39, 0.29) is 17.5 Å². The summed E-state index contributed by atoms with van der Waals surface area (Å²) in [6.45, 7) is 6.34. The molecule has 4 heterocycles. The molecule has 1 aliphatic rings. The summed E-state index contributed by atoms with van der Waals surface area (Å²) in [5, 5.41) is 9.38. The lowest BCUT2D eigenvalue weighted by Crippen LogP contribution is -2.48. The lowest BCUT2D eigenvalue weighted by atomic mass is 10.2. The molecule has 0 aromatic carbocycles. The second kappa shape index (κ2) is 6.93. The summed E-state index contributed by atoms with van der Waals surface area (Å²) >= 11 is 1.53. The number of furan rings is 1. The van der Waals surface area contributed by atoms with Gasteiger partial charge < -0.3 is 18.6 Å². The Bertz CT molecular complexity index is 985. The van der Waals surface area contributed by atoms with Gasteiger partial charge in [0.05, 0.1) is 11.1 Å². The van der Waals surface area contributed by atoms with E-state index in [1.165, 1.54) is 22.5 Å². The molecular formula is C19H18N4O3S. The van der Waals surface area contributed by atoms with E-state index in [2.05, 4.69) is 11.1 Å². The van der Waals surface area contributed by atoms with Gasteiger partial charge in [-0.25, -0.2) is 0 Å². The molecule has 1 fully saturated rings. The van der Waals surface area contributed by atoms with Gasteiger partial charge in [0.2, 0.25) is 11.6 Å². The van der Waals surface area contributed by atoms with Gasteiger partial charge in [0.25, 0.3) is 11.8 Å². The van der Waals surface area contributed by atoms with Crippen LogP contribution in [-0.2, 0) is 0 Å². The number of hydrogen-bond acceptors (Lipinski definition) is 7. The number of anilines is 1. The molecule has 1 amide bonds. The van der Waals surface area contributed by atoms with Crippen molar-refractivity contribution in [2.45, 2.75) is 13.8 Å². The Morgan fingerprint density at radius 2 is 2.07 bits per heavy atom. The average Bonchev–Trinajstić information content (AvgIpc) is 3.41. The first kappa shape index (κ1) is 17.4. The summed E-state index contributed by atoms with van der Waals surface area (Å²) in [6.07, 6.45) is 1.53. The zero-order valence-corrected chi connectivity index (χ0v) is 15.9. The van der Waals surface area contributed by atoms with Gasteiger partial charge >= 0.3 is 0 Å². The van der Waals surface area contributed by atoms with Crippen molar-refractivity contribution in [1.29, 1.82) is 5.26 Å². The third-order valence-corrected chi connectivity index (χ3v) is 5.82. The minimum atomic E-state index is 0.0604. The maximum atomic E-state index is 12.7. The summed E-state index contributed by atoms with van der Waals surface area (Å²) in [7, 11) is 0. The van der Waals surface area contributed by atoms with E-state index in [9.17, 15) is 10.1 Å². The number of carbonyl (C=O) groups excluding carboxylic acids is 1. The van der Waals surface area contributed by atoms with Crippen molar-refractivity contribution in [3.8, 4) is 17.7 Å². The molecule has 3 aromatic rings. The number of nitriles is 1. The van der Waals surface area contributed by atoms with Crippen LogP contribution in [0.4, 0.5) is 5.88 Å². The number of piperazine rings is 1. The number of oxazole rings is 1. The lowest BCUT2D eigenvalue weighted by Gasteiger charge is -2.34. The van der Waals surface area contributed by atoms with Crippen molar-refractivity contribution in [3.63, 3.8) is 0 Å². The van der Waals surface area contributed by atoms with E-state index in [1.54, 1.807) is 12.1 Å². The molecule has 1 aliphatic heterocycles.